The lowest BCUT2D eigenvalue weighted by Gasteiger charge is -2.23. The summed E-state index contributed by atoms with van der Waals surface area (Å²) in [6.07, 6.45) is 0. The first kappa shape index (κ1) is 18.4. The first-order valence-electron chi connectivity index (χ1n) is 8.49. The SMILES string of the molecule is Cc1ccc(NC(=S)NC(c2ccccc2)c2ccccc2C)cc1Cl. The second kappa shape index (κ2) is 8.35. The summed E-state index contributed by atoms with van der Waals surface area (Å²) in [6.45, 7) is 4.09. The van der Waals surface area contributed by atoms with E-state index in [4.69, 9.17) is 23.8 Å². The number of benzene rings is 3. The molecule has 3 rings (SSSR count). The lowest BCUT2D eigenvalue weighted by Crippen LogP contribution is -2.33. The Morgan fingerprint density at radius 2 is 1.58 bits per heavy atom. The highest BCUT2D eigenvalue weighted by Crippen LogP contribution is 2.25. The molecule has 3 aromatic carbocycles. The molecule has 0 heterocycles. The van der Waals surface area contributed by atoms with E-state index in [1.165, 1.54) is 11.1 Å². The second-order valence-electron chi connectivity index (χ2n) is 6.26. The Morgan fingerprint density at radius 1 is 0.885 bits per heavy atom. The fourth-order valence-corrected chi connectivity index (χ4v) is 3.28. The van der Waals surface area contributed by atoms with Crippen molar-refractivity contribution in [3.05, 3.63) is 100 Å². The van der Waals surface area contributed by atoms with Gasteiger partial charge in [0, 0.05) is 10.7 Å². The molecule has 0 aromatic heterocycles. The van der Waals surface area contributed by atoms with Crippen LogP contribution in [0.5, 0.6) is 0 Å². The molecule has 2 N–H and O–H groups in total. The molecule has 26 heavy (non-hydrogen) atoms. The predicted octanol–water partition coefficient (Wildman–Crippen LogP) is 6.03. The first-order valence-corrected chi connectivity index (χ1v) is 9.27. The fourth-order valence-electron chi connectivity index (χ4n) is 2.87. The lowest BCUT2D eigenvalue weighted by molar-refractivity contribution is 0.762. The third-order valence-corrected chi connectivity index (χ3v) is 4.96. The van der Waals surface area contributed by atoms with E-state index in [1.807, 2.05) is 49.4 Å². The smallest absolute Gasteiger partial charge is 0.171 e. The van der Waals surface area contributed by atoms with Gasteiger partial charge in [-0.3, -0.25) is 0 Å². The summed E-state index contributed by atoms with van der Waals surface area (Å²) in [5.41, 5.74) is 5.49. The Hall–Kier alpha value is -2.36. The molecule has 0 bridgehead atoms. The van der Waals surface area contributed by atoms with E-state index in [0.29, 0.717) is 5.11 Å². The molecule has 0 spiro atoms. The molecule has 0 aliphatic rings. The number of hydrogen-bond acceptors (Lipinski definition) is 1. The van der Waals surface area contributed by atoms with Gasteiger partial charge in [0.25, 0.3) is 0 Å². The quantitative estimate of drug-likeness (QED) is 0.540. The van der Waals surface area contributed by atoms with E-state index in [0.717, 1.165) is 21.8 Å². The monoisotopic (exact) mass is 380 g/mol. The number of anilines is 1. The van der Waals surface area contributed by atoms with Crippen molar-refractivity contribution in [3.63, 3.8) is 0 Å². The third kappa shape index (κ3) is 4.43. The van der Waals surface area contributed by atoms with Gasteiger partial charge in [0.1, 0.15) is 0 Å². The van der Waals surface area contributed by atoms with Crippen molar-refractivity contribution >= 4 is 34.6 Å². The summed E-state index contributed by atoms with van der Waals surface area (Å²) < 4.78 is 0. The summed E-state index contributed by atoms with van der Waals surface area (Å²) in [5.74, 6) is 0. The molecule has 1 atom stereocenters. The van der Waals surface area contributed by atoms with E-state index in [1.54, 1.807) is 0 Å². The van der Waals surface area contributed by atoms with Crippen LogP contribution < -0.4 is 10.6 Å². The molecule has 0 saturated heterocycles. The molecule has 0 radical (unpaired) electrons. The molecule has 0 aliphatic heterocycles. The van der Waals surface area contributed by atoms with Gasteiger partial charge in [-0.05, 0) is 60.5 Å². The van der Waals surface area contributed by atoms with Gasteiger partial charge in [-0.1, -0.05) is 72.3 Å². The zero-order chi connectivity index (χ0) is 18.5. The Labute approximate surface area is 165 Å². The largest absolute Gasteiger partial charge is 0.352 e. The summed E-state index contributed by atoms with van der Waals surface area (Å²) in [7, 11) is 0. The molecule has 0 amide bonds. The van der Waals surface area contributed by atoms with Crippen LogP contribution in [0, 0.1) is 13.8 Å². The minimum absolute atomic E-state index is 0.0293. The van der Waals surface area contributed by atoms with Gasteiger partial charge in [0.05, 0.1) is 6.04 Å². The Kier molecular flexibility index (Phi) is 5.92. The molecule has 0 fully saturated rings. The maximum absolute atomic E-state index is 6.21. The number of nitrogens with one attached hydrogen (secondary N) is 2. The number of hydrogen-bond donors (Lipinski definition) is 2. The van der Waals surface area contributed by atoms with Crippen LogP contribution in [0.1, 0.15) is 28.3 Å². The second-order valence-corrected chi connectivity index (χ2v) is 7.08. The number of rotatable bonds is 4. The van der Waals surface area contributed by atoms with Crippen LogP contribution in [-0.4, -0.2) is 5.11 Å². The molecule has 4 heteroatoms. The maximum Gasteiger partial charge on any atom is 0.171 e. The number of aryl methyl sites for hydroxylation is 2. The topological polar surface area (TPSA) is 24.1 Å². The van der Waals surface area contributed by atoms with Crippen molar-refractivity contribution in [1.82, 2.24) is 5.32 Å². The molecular formula is C22H21ClN2S. The summed E-state index contributed by atoms with van der Waals surface area (Å²) in [4.78, 5) is 0. The van der Waals surface area contributed by atoms with Gasteiger partial charge in [-0.25, -0.2) is 0 Å². The van der Waals surface area contributed by atoms with E-state index in [9.17, 15) is 0 Å². The fraction of sp³-hybridized carbons (Fsp3) is 0.136. The maximum atomic E-state index is 6.21. The molecule has 1 unspecified atom stereocenters. The van der Waals surface area contributed by atoms with Crippen LogP contribution in [-0.2, 0) is 0 Å². The average molecular weight is 381 g/mol. The summed E-state index contributed by atoms with van der Waals surface area (Å²) in [5, 5.41) is 7.96. The minimum atomic E-state index is -0.0293. The molecule has 2 nitrogen and oxygen atoms in total. The predicted molar refractivity (Wildman–Crippen MR) is 115 cm³/mol. The normalized spacial score (nSPS) is 11.7. The van der Waals surface area contributed by atoms with Crippen molar-refractivity contribution in [3.8, 4) is 0 Å². The van der Waals surface area contributed by atoms with Crippen LogP contribution >= 0.6 is 23.8 Å². The van der Waals surface area contributed by atoms with E-state index in [-0.39, 0.29) is 6.04 Å². The molecule has 3 aromatic rings. The van der Waals surface area contributed by atoms with Crippen LogP contribution in [0.3, 0.4) is 0 Å². The Balaban J connectivity index is 1.85. The zero-order valence-corrected chi connectivity index (χ0v) is 16.4. The van der Waals surface area contributed by atoms with Crippen molar-refractivity contribution in [2.45, 2.75) is 19.9 Å². The number of thiocarbonyl (C=S) groups is 1. The molecular weight excluding hydrogens is 360 g/mol. The van der Waals surface area contributed by atoms with Gasteiger partial charge in [0.15, 0.2) is 5.11 Å². The Bertz CT molecular complexity index is 909. The molecule has 132 valence electrons. The van der Waals surface area contributed by atoms with Crippen molar-refractivity contribution in [2.75, 3.05) is 5.32 Å². The highest BCUT2D eigenvalue weighted by Gasteiger charge is 2.17. The van der Waals surface area contributed by atoms with Gasteiger partial charge in [-0.2, -0.15) is 0 Å². The molecule has 0 aliphatic carbocycles. The van der Waals surface area contributed by atoms with Crippen molar-refractivity contribution in [2.24, 2.45) is 0 Å². The van der Waals surface area contributed by atoms with Crippen LogP contribution in [0.25, 0.3) is 0 Å². The standard InChI is InChI=1S/C22H21ClN2S/c1-15-8-6-7-11-19(15)21(17-9-4-3-5-10-17)25-22(26)24-18-13-12-16(2)20(23)14-18/h3-14,21H,1-2H3,(H2,24,25,26). The highest BCUT2D eigenvalue weighted by atomic mass is 35.5. The molecule has 0 saturated carbocycles. The van der Waals surface area contributed by atoms with Crippen LogP contribution in [0.15, 0.2) is 72.8 Å². The number of halogens is 1. The first-order chi connectivity index (χ1) is 12.5. The van der Waals surface area contributed by atoms with Gasteiger partial charge < -0.3 is 10.6 Å². The minimum Gasteiger partial charge on any atom is -0.352 e. The van der Waals surface area contributed by atoms with Crippen molar-refractivity contribution < 1.29 is 0 Å². The van der Waals surface area contributed by atoms with Crippen LogP contribution in [0.2, 0.25) is 5.02 Å². The van der Waals surface area contributed by atoms with Gasteiger partial charge >= 0.3 is 0 Å². The zero-order valence-electron chi connectivity index (χ0n) is 14.8. The van der Waals surface area contributed by atoms with E-state index < -0.39 is 0 Å². The van der Waals surface area contributed by atoms with E-state index in [2.05, 4.69) is 47.9 Å². The van der Waals surface area contributed by atoms with Crippen molar-refractivity contribution in [1.29, 1.82) is 0 Å². The lowest BCUT2D eigenvalue weighted by atomic mass is 9.95. The highest BCUT2D eigenvalue weighted by molar-refractivity contribution is 7.80. The van der Waals surface area contributed by atoms with E-state index >= 15 is 0 Å². The van der Waals surface area contributed by atoms with Gasteiger partial charge in [0.2, 0.25) is 0 Å². The van der Waals surface area contributed by atoms with Crippen LogP contribution in [0.4, 0.5) is 5.69 Å². The summed E-state index contributed by atoms with van der Waals surface area (Å²) in [6, 6.07) is 24.5. The third-order valence-electron chi connectivity index (χ3n) is 4.34. The summed E-state index contributed by atoms with van der Waals surface area (Å²) >= 11 is 11.8. The average Bonchev–Trinajstić information content (AvgIpc) is 2.64. The van der Waals surface area contributed by atoms with Gasteiger partial charge in [-0.15, -0.1) is 0 Å². The Morgan fingerprint density at radius 3 is 2.27 bits per heavy atom.